The van der Waals surface area contributed by atoms with Crippen LogP contribution < -0.4 is 10.1 Å². The Hall–Kier alpha value is -1.67. The third-order valence-corrected chi connectivity index (χ3v) is 2.80. The minimum Gasteiger partial charge on any atom is -0.463 e. The highest BCUT2D eigenvalue weighted by molar-refractivity contribution is 5.23. The van der Waals surface area contributed by atoms with Crippen LogP contribution in [0.3, 0.4) is 0 Å². The number of nitrogens with one attached hydrogen (secondary N) is 1. The minimum absolute atomic E-state index is 0.312. The molecule has 5 heteroatoms. The van der Waals surface area contributed by atoms with E-state index < -0.39 is 0 Å². The molecule has 0 aromatic carbocycles. The lowest BCUT2D eigenvalue weighted by Gasteiger charge is -2.22. The lowest BCUT2D eigenvalue weighted by Crippen LogP contribution is -2.33. The van der Waals surface area contributed by atoms with Crippen LogP contribution in [0.15, 0.2) is 6.07 Å². The predicted octanol–water partition coefficient (Wildman–Crippen LogP) is 1.04. The molecular weight excluding hydrogens is 216 g/mol. The summed E-state index contributed by atoms with van der Waals surface area (Å²) in [5, 5.41) is 12.1. The quantitative estimate of drug-likeness (QED) is 0.843. The van der Waals surface area contributed by atoms with Crippen LogP contribution in [0, 0.1) is 24.2 Å². The van der Waals surface area contributed by atoms with Gasteiger partial charge in [0.2, 0.25) is 0 Å². The summed E-state index contributed by atoms with van der Waals surface area (Å²) < 4.78 is 5.56. The topological polar surface area (TPSA) is 70.8 Å². The number of aryl methyl sites for hydroxylation is 1. The third kappa shape index (κ3) is 3.40. The predicted molar refractivity (Wildman–Crippen MR) is 62.6 cm³/mol. The van der Waals surface area contributed by atoms with Gasteiger partial charge in [0.15, 0.2) is 0 Å². The van der Waals surface area contributed by atoms with Crippen molar-refractivity contribution in [2.45, 2.75) is 19.8 Å². The molecule has 1 atom stereocenters. The summed E-state index contributed by atoms with van der Waals surface area (Å²) in [6.45, 7) is 4.52. The van der Waals surface area contributed by atoms with Crippen molar-refractivity contribution in [2.75, 3.05) is 19.7 Å². The zero-order valence-corrected chi connectivity index (χ0v) is 9.94. The molecule has 5 nitrogen and oxygen atoms in total. The van der Waals surface area contributed by atoms with E-state index in [4.69, 9.17) is 10.00 Å². The molecule has 1 aromatic heterocycles. The van der Waals surface area contributed by atoms with Crippen molar-refractivity contribution in [3.63, 3.8) is 0 Å². The largest absolute Gasteiger partial charge is 0.463 e. The molecule has 2 heterocycles. The summed E-state index contributed by atoms with van der Waals surface area (Å²) in [7, 11) is 0. The Morgan fingerprint density at radius 1 is 1.59 bits per heavy atom. The number of rotatable bonds is 3. The van der Waals surface area contributed by atoms with Gasteiger partial charge >= 0.3 is 6.01 Å². The van der Waals surface area contributed by atoms with E-state index in [1.807, 2.05) is 13.0 Å². The highest BCUT2D eigenvalue weighted by atomic mass is 16.5. The molecule has 0 radical (unpaired) electrons. The first-order valence-corrected chi connectivity index (χ1v) is 5.87. The Morgan fingerprint density at radius 2 is 2.47 bits per heavy atom. The maximum absolute atomic E-state index is 8.80. The van der Waals surface area contributed by atoms with Gasteiger partial charge in [-0.15, -0.1) is 0 Å². The van der Waals surface area contributed by atoms with Crippen molar-refractivity contribution in [3.05, 3.63) is 17.5 Å². The van der Waals surface area contributed by atoms with Gasteiger partial charge in [0.05, 0.1) is 6.61 Å². The van der Waals surface area contributed by atoms with Crippen LogP contribution in [0.4, 0.5) is 0 Å². The molecule has 17 heavy (non-hydrogen) atoms. The summed E-state index contributed by atoms with van der Waals surface area (Å²) >= 11 is 0. The average molecular weight is 232 g/mol. The number of aromatic nitrogens is 2. The van der Waals surface area contributed by atoms with Gasteiger partial charge in [0, 0.05) is 18.2 Å². The zero-order chi connectivity index (χ0) is 12.1. The second-order valence-electron chi connectivity index (χ2n) is 4.31. The summed E-state index contributed by atoms with van der Waals surface area (Å²) in [4.78, 5) is 8.18. The Labute approximate surface area is 101 Å². The molecule has 1 N–H and O–H groups in total. The lowest BCUT2D eigenvalue weighted by atomic mass is 10.0. The third-order valence-electron chi connectivity index (χ3n) is 2.80. The molecule has 90 valence electrons. The van der Waals surface area contributed by atoms with Crippen molar-refractivity contribution in [1.82, 2.24) is 15.3 Å². The van der Waals surface area contributed by atoms with Crippen LogP contribution in [-0.2, 0) is 0 Å². The number of ether oxygens (including phenoxy) is 1. The summed E-state index contributed by atoms with van der Waals surface area (Å²) in [5.74, 6) is 0.512. The fourth-order valence-electron chi connectivity index (χ4n) is 1.92. The first-order chi connectivity index (χ1) is 8.28. The molecule has 1 saturated heterocycles. The lowest BCUT2D eigenvalue weighted by molar-refractivity contribution is 0.204. The van der Waals surface area contributed by atoms with Crippen LogP contribution in [0.25, 0.3) is 0 Å². The van der Waals surface area contributed by atoms with Crippen molar-refractivity contribution >= 4 is 0 Å². The van der Waals surface area contributed by atoms with E-state index in [0.29, 0.717) is 24.2 Å². The summed E-state index contributed by atoms with van der Waals surface area (Å²) in [5.41, 5.74) is 1.11. The van der Waals surface area contributed by atoms with E-state index in [0.717, 1.165) is 18.8 Å². The standard InChI is InChI=1S/C12H16N4O/c1-9-5-11(6-13)16-12(15-9)17-8-10-3-2-4-14-7-10/h5,10,14H,2-4,7-8H2,1H3. The molecule has 1 aliphatic heterocycles. The number of hydrogen-bond acceptors (Lipinski definition) is 5. The van der Waals surface area contributed by atoms with E-state index in [2.05, 4.69) is 15.3 Å². The molecule has 0 spiro atoms. The number of nitriles is 1. The van der Waals surface area contributed by atoms with E-state index >= 15 is 0 Å². The monoisotopic (exact) mass is 232 g/mol. The molecule has 2 rings (SSSR count). The number of piperidine rings is 1. The fraction of sp³-hybridized carbons (Fsp3) is 0.583. The maximum Gasteiger partial charge on any atom is 0.317 e. The van der Waals surface area contributed by atoms with Crippen LogP contribution in [0.2, 0.25) is 0 Å². The van der Waals surface area contributed by atoms with Crippen LogP contribution in [-0.4, -0.2) is 29.7 Å². The normalized spacial score (nSPS) is 19.6. The smallest absolute Gasteiger partial charge is 0.317 e. The van der Waals surface area contributed by atoms with Gasteiger partial charge in [-0.1, -0.05) is 0 Å². The Kier molecular flexibility index (Phi) is 3.89. The molecule has 0 aliphatic carbocycles. The fourth-order valence-corrected chi connectivity index (χ4v) is 1.92. The first-order valence-electron chi connectivity index (χ1n) is 5.87. The Balaban J connectivity index is 1.94. The van der Waals surface area contributed by atoms with Gasteiger partial charge in [0.25, 0.3) is 0 Å². The molecule has 1 fully saturated rings. The minimum atomic E-state index is 0.312. The molecular formula is C12H16N4O. The molecule has 0 saturated carbocycles. The molecule has 1 aromatic rings. The maximum atomic E-state index is 8.80. The summed E-state index contributed by atoms with van der Waals surface area (Å²) in [6.07, 6.45) is 2.36. The zero-order valence-electron chi connectivity index (χ0n) is 9.94. The van der Waals surface area contributed by atoms with Gasteiger partial charge in [-0.2, -0.15) is 10.2 Å². The van der Waals surface area contributed by atoms with E-state index in [-0.39, 0.29) is 0 Å². The molecule has 1 aliphatic rings. The van der Waals surface area contributed by atoms with Gasteiger partial charge in [-0.3, -0.25) is 0 Å². The molecule has 0 amide bonds. The number of nitrogens with zero attached hydrogens (tertiary/aromatic N) is 3. The van der Waals surface area contributed by atoms with E-state index in [1.54, 1.807) is 6.07 Å². The van der Waals surface area contributed by atoms with Gasteiger partial charge < -0.3 is 10.1 Å². The highest BCUT2D eigenvalue weighted by Gasteiger charge is 2.14. The second-order valence-corrected chi connectivity index (χ2v) is 4.31. The Morgan fingerprint density at radius 3 is 3.18 bits per heavy atom. The van der Waals surface area contributed by atoms with Gasteiger partial charge in [0.1, 0.15) is 11.8 Å². The van der Waals surface area contributed by atoms with Crippen LogP contribution in [0.5, 0.6) is 6.01 Å². The second kappa shape index (κ2) is 5.60. The highest BCUT2D eigenvalue weighted by Crippen LogP contribution is 2.12. The van der Waals surface area contributed by atoms with Crippen molar-refractivity contribution in [3.8, 4) is 12.1 Å². The van der Waals surface area contributed by atoms with E-state index in [1.165, 1.54) is 12.8 Å². The van der Waals surface area contributed by atoms with Gasteiger partial charge in [-0.25, -0.2) is 4.98 Å². The molecule has 0 bridgehead atoms. The molecule has 1 unspecified atom stereocenters. The Bertz CT molecular complexity index is 421. The van der Waals surface area contributed by atoms with Crippen LogP contribution >= 0.6 is 0 Å². The van der Waals surface area contributed by atoms with Crippen molar-refractivity contribution in [2.24, 2.45) is 5.92 Å². The average Bonchev–Trinajstić information content (AvgIpc) is 2.37. The van der Waals surface area contributed by atoms with Crippen molar-refractivity contribution < 1.29 is 4.74 Å². The van der Waals surface area contributed by atoms with Crippen molar-refractivity contribution in [1.29, 1.82) is 5.26 Å². The van der Waals surface area contributed by atoms with E-state index in [9.17, 15) is 0 Å². The number of hydrogen-bond donors (Lipinski definition) is 1. The SMILES string of the molecule is Cc1cc(C#N)nc(OCC2CCCNC2)n1. The van der Waals surface area contributed by atoms with Gasteiger partial charge in [-0.05, 0) is 32.4 Å². The summed E-state index contributed by atoms with van der Waals surface area (Å²) in [6, 6.07) is 3.96. The first kappa shape index (κ1) is 11.8. The van der Waals surface area contributed by atoms with Crippen LogP contribution in [0.1, 0.15) is 24.2 Å².